The number of nitrogens with zero attached hydrogens (tertiary/aromatic N) is 2. The van der Waals surface area contributed by atoms with Gasteiger partial charge in [0.15, 0.2) is 16.3 Å². The van der Waals surface area contributed by atoms with Crippen molar-refractivity contribution >= 4 is 46.6 Å². The van der Waals surface area contributed by atoms with E-state index < -0.39 is 18.0 Å². The maximum atomic E-state index is 14.2. The van der Waals surface area contributed by atoms with E-state index in [4.69, 9.17) is 35.2 Å². The van der Waals surface area contributed by atoms with E-state index in [1.54, 1.807) is 49.4 Å². The summed E-state index contributed by atoms with van der Waals surface area (Å²) in [5.41, 5.74) is 2.09. The Hall–Kier alpha value is -5.39. The maximum Gasteiger partial charge on any atom is 0.338 e. The summed E-state index contributed by atoms with van der Waals surface area (Å²) in [5.74, 6) is 0.158. The molecule has 10 nitrogen and oxygen atoms in total. The number of hydrogen-bond acceptors (Lipinski definition) is 9. The van der Waals surface area contributed by atoms with Crippen LogP contribution in [-0.2, 0) is 9.53 Å². The van der Waals surface area contributed by atoms with E-state index in [9.17, 15) is 19.5 Å². The average molecular weight is 655 g/mol. The summed E-state index contributed by atoms with van der Waals surface area (Å²) in [5, 5.41) is 9.36. The molecule has 3 aromatic carbocycles. The molecule has 0 bridgehead atoms. The minimum atomic E-state index is -1.13. The van der Waals surface area contributed by atoms with E-state index in [0.29, 0.717) is 54.7 Å². The molecule has 0 saturated carbocycles. The lowest BCUT2D eigenvalue weighted by molar-refractivity contribution is -0.138. The fraction of sp³-hybridized carbons (Fsp3) is 0.118. The molecule has 1 unspecified atom stereocenters. The van der Waals surface area contributed by atoms with Crippen molar-refractivity contribution in [3.63, 3.8) is 0 Å². The lowest BCUT2D eigenvalue weighted by atomic mass is 9.93. The Morgan fingerprint density at radius 1 is 1.04 bits per heavy atom. The van der Waals surface area contributed by atoms with Gasteiger partial charge in [-0.2, -0.15) is 0 Å². The van der Waals surface area contributed by atoms with Crippen LogP contribution in [0.4, 0.5) is 0 Å². The number of aromatic nitrogens is 1. The molecular formula is C34H23ClN2O8S. The van der Waals surface area contributed by atoms with Crippen LogP contribution < -0.4 is 24.4 Å². The summed E-state index contributed by atoms with van der Waals surface area (Å²) in [6.07, 6.45) is 1.60. The highest BCUT2D eigenvalue weighted by Gasteiger charge is 2.36. The number of carboxylic acid groups (broad SMARTS) is 1. The zero-order chi connectivity index (χ0) is 31.9. The third-order valence-corrected chi connectivity index (χ3v) is 8.77. The first-order chi connectivity index (χ1) is 22.3. The molecule has 0 amide bonds. The normalized spacial score (nSPS) is 15.4. The summed E-state index contributed by atoms with van der Waals surface area (Å²) >= 11 is 7.32. The van der Waals surface area contributed by atoms with Crippen molar-refractivity contribution in [3.8, 4) is 22.8 Å². The molecule has 2 aliphatic rings. The number of carbonyl (C=O) groups excluding carboxylic acids is 1. The second kappa shape index (κ2) is 11.8. The zero-order valence-electron chi connectivity index (χ0n) is 24.1. The van der Waals surface area contributed by atoms with Gasteiger partial charge >= 0.3 is 11.9 Å². The average Bonchev–Trinajstić information content (AvgIpc) is 3.80. The van der Waals surface area contributed by atoms with Crippen molar-refractivity contribution < 1.29 is 33.3 Å². The largest absolute Gasteiger partial charge is 0.478 e. The number of aromatic carboxylic acids is 1. The topological polar surface area (TPSA) is 130 Å². The smallest absolute Gasteiger partial charge is 0.338 e. The van der Waals surface area contributed by atoms with E-state index in [1.165, 1.54) is 16.7 Å². The molecule has 2 aliphatic heterocycles. The van der Waals surface area contributed by atoms with Gasteiger partial charge in [0.05, 0.1) is 39.0 Å². The molecule has 1 atom stereocenters. The Bertz CT molecular complexity index is 2250. The Morgan fingerprint density at radius 3 is 2.61 bits per heavy atom. The van der Waals surface area contributed by atoms with Gasteiger partial charge in [-0.1, -0.05) is 65.4 Å². The first-order valence-electron chi connectivity index (χ1n) is 14.1. The van der Waals surface area contributed by atoms with Crippen molar-refractivity contribution in [2.24, 2.45) is 4.99 Å². The molecule has 0 fully saturated rings. The SMILES string of the molecule is CCOC(=O)C1=C(c2ccccc2)N=c2sc(=Cc3ccc(-c4ccc(C(=O)O)c(Cl)c4)o3)c(=O)n2C1c1ccc2c(c1)OCO2. The summed E-state index contributed by atoms with van der Waals surface area (Å²) in [7, 11) is 0. The van der Waals surface area contributed by atoms with Crippen LogP contribution in [-0.4, -0.2) is 35.0 Å². The minimum absolute atomic E-state index is 0.0209. The number of rotatable bonds is 7. The fourth-order valence-electron chi connectivity index (χ4n) is 5.40. The Balaban J connectivity index is 1.40. The second-order valence-electron chi connectivity index (χ2n) is 10.2. The van der Waals surface area contributed by atoms with E-state index in [1.807, 2.05) is 30.3 Å². The van der Waals surface area contributed by atoms with Crippen molar-refractivity contribution in [2.45, 2.75) is 13.0 Å². The van der Waals surface area contributed by atoms with E-state index in [2.05, 4.69) is 0 Å². The van der Waals surface area contributed by atoms with E-state index in [-0.39, 0.29) is 35.1 Å². The molecule has 0 saturated heterocycles. The fourth-order valence-corrected chi connectivity index (χ4v) is 6.64. The highest BCUT2D eigenvalue weighted by Crippen LogP contribution is 2.40. The molecule has 0 spiro atoms. The maximum absolute atomic E-state index is 14.2. The predicted molar refractivity (Wildman–Crippen MR) is 170 cm³/mol. The quantitative estimate of drug-likeness (QED) is 0.235. The third kappa shape index (κ3) is 5.19. The lowest BCUT2D eigenvalue weighted by Crippen LogP contribution is -2.40. The summed E-state index contributed by atoms with van der Waals surface area (Å²) in [6.45, 7) is 1.92. The second-order valence-corrected chi connectivity index (χ2v) is 11.7. The predicted octanol–water partition coefficient (Wildman–Crippen LogP) is 5.28. The van der Waals surface area contributed by atoms with Gasteiger partial charge in [-0.05, 0) is 48.9 Å². The van der Waals surface area contributed by atoms with Crippen LogP contribution in [0.15, 0.2) is 98.6 Å². The molecule has 46 heavy (non-hydrogen) atoms. The minimum Gasteiger partial charge on any atom is -0.478 e. The van der Waals surface area contributed by atoms with Crippen LogP contribution >= 0.6 is 22.9 Å². The number of carbonyl (C=O) groups is 2. The number of fused-ring (bicyclic) bond motifs is 2. The van der Waals surface area contributed by atoms with E-state index in [0.717, 1.165) is 11.3 Å². The van der Waals surface area contributed by atoms with Gasteiger partial charge in [-0.25, -0.2) is 14.6 Å². The first-order valence-corrected chi connectivity index (χ1v) is 15.3. The number of ether oxygens (including phenoxy) is 3. The molecule has 7 rings (SSSR count). The molecule has 0 aliphatic carbocycles. The first kappa shape index (κ1) is 29.3. The van der Waals surface area contributed by atoms with Crippen molar-refractivity contribution in [1.82, 2.24) is 4.57 Å². The molecular weight excluding hydrogens is 632 g/mol. The van der Waals surface area contributed by atoms with Crippen LogP contribution in [0, 0.1) is 0 Å². The van der Waals surface area contributed by atoms with Gasteiger partial charge in [-0.3, -0.25) is 9.36 Å². The summed E-state index contributed by atoms with van der Waals surface area (Å²) < 4.78 is 24.5. The van der Waals surface area contributed by atoms with Crippen LogP contribution in [0.5, 0.6) is 11.5 Å². The number of halogens is 1. The van der Waals surface area contributed by atoms with Gasteiger partial charge in [-0.15, -0.1) is 0 Å². The number of esters is 1. The number of hydrogen-bond donors (Lipinski definition) is 1. The molecule has 0 radical (unpaired) electrons. The van der Waals surface area contributed by atoms with Gasteiger partial charge in [0.25, 0.3) is 5.56 Å². The Morgan fingerprint density at radius 2 is 1.85 bits per heavy atom. The van der Waals surface area contributed by atoms with E-state index >= 15 is 0 Å². The summed E-state index contributed by atoms with van der Waals surface area (Å²) in [6, 6.07) is 21.6. The molecule has 12 heteroatoms. The number of benzene rings is 3. The van der Waals surface area contributed by atoms with Gasteiger partial charge in [0, 0.05) is 17.2 Å². The van der Waals surface area contributed by atoms with Gasteiger partial charge in [0.1, 0.15) is 11.5 Å². The van der Waals surface area contributed by atoms with Crippen LogP contribution in [0.3, 0.4) is 0 Å². The van der Waals surface area contributed by atoms with Gasteiger partial charge < -0.3 is 23.7 Å². The molecule has 230 valence electrons. The highest BCUT2D eigenvalue weighted by molar-refractivity contribution is 7.07. The van der Waals surface area contributed by atoms with Crippen molar-refractivity contribution in [1.29, 1.82) is 0 Å². The molecule has 5 aromatic rings. The number of thiazole rings is 1. The van der Waals surface area contributed by atoms with Crippen molar-refractivity contribution in [2.75, 3.05) is 13.4 Å². The molecule has 4 heterocycles. The number of furan rings is 1. The molecule has 1 N–H and O–H groups in total. The molecule has 2 aromatic heterocycles. The van der Waals surface area contributed by atoms with Crippen LogP contribution in [0.2, 0.25) is 5.02 Å². The highest BCUT2D eigenvalue weighted by atomic mass is 35.5. The third-order valence-electron chi connectivity index (χ3n) is 7.47. The number of carboxylic acids is 1. The van der Waals surface area contributed by atoms with Crippen LogP contribution in [0.1, 0.15) is 40.2 Å². The Kier molecular flexibility index (Phi) is 7.55. The summed E-state index contributed by atoms with van der Waals surface area (Å²) in [4.78, 5) is 44.4. The zero-order valence-corrected chi connectivity index (χ0v) is 25.6. The van der Waals surface area contributed by atoms with Gasteiger partial charge in [0.2, 0.25) is 6.79 Å². The monoisotopic (exact) mass is 654 g/mol. The Labute approximate surface area is 269 Å². The van der Waals surface area contributed by atoms with Crippen LogP contribution in [0.25, 0.3) is 23.1 Å². The van der Waals surface area contributed by atoms with Crippen molar-refractivity contribution in [3.05, 3.63) is 132 Å². The lowest BCUT2D eigenvalue weighted by Gasteiger charge is -2.26. The standard InChI is InChI=1S/C34H23ClN2O8S/c1-2-42-33(41)28-29(18-6-4-3-5-7-18)36-34-37(30(28)20-9-12-25-26(15-20)44-17-43-25)31(38)27(46-34)16-21-10-13-24(45-21)19-8-11-22(32(39)40)23(35)14-19/h3-16,30H,2,17H2,1H3,(H,39,40).